The molecule has 3 aromatic heterocycles. The number of amidine groups is 1. The molecule has 1 saturated carbocycles. The molecule has 1 aromatic carbocycles. The van der Waals surface area contributed by atoms with Crippen LogP contribution in [0, 0.1) is 17.6 Å². The Hall–Kier alpha value is -3.97. The lowest BCUT2D eigenvalue weighted by Crippen LogP contribution is -2.37. The first-order chi connectivity index (χ1) is 18.8. The van der Waals surface area contributed by atoms with E-state index in [2.05, 4.69) is 35.2 Å². The number of hydrogen-bond donors (Lipinski definition) is 2. The van der Waals surface area contributed by atoms with Crippen LogP contribution in [0.2, 0.25) is 0 Å². The van der Waals surface area contributed by atoms with E-state index in [0.29, 0.717) is 40.1 Å². The Morgan fingerprint density at radius 3 is 2.77 bits per heavy atom. The zero-order valence-electron chi connectivity index (χ0n) is 21.1. The molecule has 1 fully saturated rings. The molecule has 39 heavy (non-hydrogen) atoms. The number of nitrogens with two attached hydrogens (primary N) is 1. The normalized spacial score (nSPS) is 23.7. The van der Waals surface area contributed by atoms with Gasteiger partial charge in [-0.1, -0.05) is 11.8 Å². The topological polar surface area (TPSA) is 133 Å². The van der Waals surface area contributed by atoms with Crippen molar-refractivity contribution < 1.29 is 18.3 Å². The zero-order valence-corrected chi connectivity index (χ0v) is 21.9. The summed E-state index contributed by atoms with van der Waals surface area (Å²) in [6.45, 7) is 2.36. The Morgan fingerprint density at radius 1 is 1.15 bits per heavy atom. The third kappa shape index (κ3) is 4.61. The molecular weight excluding hydrogens is 526 g/mol. The molecule has 3 atom stereocenters. The van der Waals surface area contributed by atoms with Gasteiger partial charge in [0, 0.05) is 48.9 Å². The summed E-state index contributed by atoms with van der Waals surface area (Å²) >= 11 is 1.43. The van der Waals surface area contributed by atoms with Gasteiger partial charge in [0.1, 0.15) is 12.1 Å². The lowest BCUT2D eigenvalue weighted by atomic mass is 9.85. The number of ether oxygens (including phenoxy) is 2. The van der Waals surface area contributed by atoms with E-state index in [1.165, 1.54) is 24.2 Å². The number of thioether (sulfide) groups is 1. The van der Waals surface area contributed by atoms with Crippen LogP contribution in [-0.2, 0) is 16.9 Å². The predicted molar refractivity (Wildman–Crippen MR) is 143 cm³/mol. The lowest BCUT2D eigenvalue weighted by Gasteiger charge is -2.34. The summed E-state index contributed by atoms with van der Waals surface area (Å²) in [6, 6.07) is 6.02. The molecule has 0 bridgehead atoms. The van der Waals surface area contributed by atoms with Crippen molar-refractivity contribution in [2.24, 2.45) is 16.6 Å². The minimum absolute atomic E-state index is 0.0624. The molecule has 4 aromatic rings. The number of hydrogen-bond acceptors (Lipinski definition) is 11. The Balaban J connectivity index is 1.30. The van der Waals surface area contributed by atoms with Gasteiger partial charge in [0.25, 0.3) is 0 Å². The summed E-state index contributed by atoms with van der Waals surface area (Å²) < 4.78 is 41.0. The highest BCUT2D eigenvalue weighted by atomic mass is 32.2. The van der Waals surface area contributed by atoms with Crippen molar-refractivity contribution in [3.05, 3.63) is 72.1 Å². The SMILES string of the molecule is COC[C@]12CC1[C@@](C)(c1cc(Nc3nccc4nc(OCc5ncccn5)cnc34)cc(F)c1F)N=C(N)S2. The average Bonchev–Trinajstić information content (AvgIpc) is 3.65. The van der Waals surface area contributed by atoms with Gasteiger partial charge >= 0.3 is 0 Å². The Labute approximate surface area is 226 Å². The van der Waals surface area contributed by atoms with E-state index in [0.717, 1.165) is 12.5 Å². The number of pyridine rings is 1. The van der Waals surface area contributed by atoms with Gasteiger partial charge in [0.05, 0.1) is 28.6 Å². The number of aromatic nitrogens is 5. The summed E-state index contributed by atoms with van der Waals surface area (Å²) in [4.78, 5) is 26.1. The van der Waals surface area contributed by atoms with E-state index in [1.807, 2.05) is 0 Å². The minimum atomic E-state index is -1.06. The second kappa shape index (κ2) is 9.65. The van der Waals surface area contributed by atoms with Crippen LogP contribution < -0.4 is 15.8 Å². The van der Waals surface area contributed by atoms with Crippen molar-refractivity contribution in [3.8, 4) is 5.88 Å². The maximum Gasteiger partial charge on any atom is 0.233 e. The highest BCUT2D eigenvalue weighted by Crippen LogP contribution is 2.66. The maximum atomic E-state index is 15.3. The molecule has 0 spiro atoms. The number of fused-ring (bicyclic) bond motifs is 2. The number of nitrogens with zero attached hydrogens (tertiary/aromatic N) is 6. The number of benzene rings is 1. The van der Waals surface area contributed by atoms with Gasteiger partial charge in [-0.05, 0) is 31.5 Å². The second-order valence-electron chi connectivity index (χ2n) is 9.59. The van der Waals surface area contributed by atoms with E-state index in [4.69, 9.17) is 15.2 Å². The van der Waals surface area contributed by atoms with Crippen LogP contribution in [0.4, 0.5) is 20.3 Å². The van der Waals surface area contributed by atoms with Crippen molar-refractivity contribution in [1.82, 2.24) is 24.9 Å². The number of methoxy groups -OCH3 is 1. The monoisotopic (exact) mass is 550 g/mol. The maximum absolute atomic E-state index is 15.3. The average molecular weight is 551 g/mol. The summed E-state index contributed by atoms with van der Waals surface area (Å²) in [7, 11) is 1.61. The van der Waals surface area contributed by atoms with Gasteiger partial charge in [-0.2, -0.15) is 0 Å². The summed E-state index contributed by atoms with van der Waals surface area (Å²) in [5.74, 6) is -0.918. The van der Waals surface area contributed by atoms with Crippen molar-refractivity contribution in [3.63, 3.8) is 0 Å². The highest BCUT2D eigenvalue weighted by Gasteiger charge is 2.66. The smallest absolute Gasteiger partial charge is 0.233 e. The van der Waals surface area contributed by atoms with Crippen molar-refractivity contribution in [2.75, 3.05) is 19.0 Å². The van der Waals surface area contributed by atoms with E-state index in [-0.39, 0.29) is 28.7 Å². The molecule has 3 N–H and O–H groups in total. The van der Waals surface area contributed by atoms with E-state index >= 15 is 4.39 Å². The van der Waals surface area contributed by atoms with Crippen LogP contribution >= 0.6 is 11.8 Å². The van der Waals surface area contributed by atoms with Crippen LogP contribution in [0.1, 0.15) is 24.7 Å². The van der Waals surface area contributed by atoms with Crippen LogP contribution in [0.3, 0.4) is 0 Å². The minimum Gasteiger partial charge on any atom is -0.468 e. The molecule has 1 aliphatic carbocycles. The molecule has 10 nitrogen and oxygen atoms in total. The van der Waals surface area contributed by atoms with Gasteiger partial charge in [-0.25, -0.2) is 33.7 Å². The predicted octanol–water partition coefficient (Wildman–Crippen LogP) is 4.10. The fourth-order valence-corrected chi connectivity index (χ4v) is 6.58. The van der Waals surface area contributed by atoms with Gasteiger partial charge in [-0.15, -0.1) is 0 Å². The van der Waals surface area contributed by atoms with Gasteiger partial charge in [0.15, 0.2) is 28.4 Å². The van der Waals surface area contributed by atoms with Crippen molar-refractivity contribution >= 4 is 39.5 Å². The number of anilines is 2. The third-order valence-electron chi connectivity index (χ3n) is 6.98. The molecule has 0 radical (unpaired) electrons. The molecule has 4 heterocycles. The molecule has 0 amide bonds. The number of halogens is 2. The van der Waals surface area contributed by atoms with E-state index in [1.54, 1.807) is 44.6 Å². The fraction of sp³-hybridized carbons (Fsp3) is 0.308. The van der Waals surface area contributed by atoms with E-state index < -0.39 is 17.2 Å². The summed E-state index contributed by atoms with van der Waals surface area (Å²) in [6.07, 6.45) is 6.97. The standard InChI is InChI=1S/C26H24F2N8O2S/c1-25(18-10-26(18,13-37-2)39-24(29)36-25)15-8-14(9-16(27)21(15)28)34-23-22-17(4-7-32-23)35-20(11-33-22)38-12-19-30-5-3-6-31-19/h3-9,11,18H,10,12-13H2,1-2H3,(H2,29,36)(H,32,34)/t18?,25-,26-/m1/s1. The quantitative estimate of drug-likeness (QED) is 0.330. The molecule has 6 rings (SSSR count). The Bertz CT molecular complexity index is 1590. The largest absolute Gasteiger partial charge is 0.468 e. The number of nitrogens with one attached hydrogen (secondary N) is 1. The molecule has 200 valence electrons. The number of rotatable bonds is 8. The van der Waals surface area contributed by atoms with Crippen molar-refractivity contribution in [2.45, 2.75) is 30.2 Å². The summed E-state index contributed by atoms with van der Waals surface area (Å²) in [5, 5.41) is 3.40. The highest BCUT2D eigenvalue weighted by molar-refractivity contribution is 8.15. The zero-order chi connectivity index (χ0) is 27.2. The molecule has 13 heteroatoms. The molecule has 1 unspecified atom stereocenters. The third-order valence-corrected chi connectivity index (χ3v) is 8.26. The fourth-order valence-electron chi connectivity index (χ4n) is 5.13. The number of aliphatic imine (C=N–C) groups is 1. The molecular formula is C26H24F2N8O2S. The van der Waals surface area contributed by atoms with Crippen LogP contribution in [0.15, 0.2) is 54.0 Å². The Kier molecular flexibility index (Phi) is 6.26. The molecule has 1 aliphatic heterocycles. The van der Waals surface area contributed by atoms with Gasteiger partial charge in [0.2, 0.25) is 5.88 Å². The van der Waals surface area contributed by atoms with Crippen LogP contribution in [0.5, 0.6) is 5.88 Å². The van der Waals surface area contributed by atoms with Crippen molar-refractivity contribution in [1.29, 1.82) is 0 Å². The first-order valence-electron chi connectivity index (χ1n) is 12.1. The Morgan fingerprint density at radius 2 is 1.97 bits per heavy atom. The molecule has 0 saturated heterocycles. The van der Waals surface area contributed by atoms with Crippen LogP contribution in [-0.4, -0.2) is 48.6 Å². The van der Waals surface area contributed by atoms with Crippen LogP contribution in [0.25, 0.3) is 11.0 Å². The second-order valence-corrected chi connectivity index (χ2v) is 11.0. The first kappa shape index (κ1) is 25.3. The van der Waals surface area contributed by atoms with Gasteiger partial charge in [-0.3, -0.25) is 4.99 Å². The van der Waals surface area contributed by atoms with Gasteiger partial charge < -0.3 is 20.5 Å². The summed E-state index contributed by atoms with van der Waals surface area (Å²) in [5.41, 5.74) is 6.41. The lowest BCUT2D eigenvalue weighted by molar-refractivity contribution is 0.184. The first-order valence-corrected chi connectivity index (χ1v) is 12.9. The van der Waals surface area contributed by atoms with E-state index in [9.17, 15) is 4.39 Å². The molecule has 2 aliphatic rings.